The Balaban J connectivity index is 1.88. The van der Waals surface area contributed by atoms with Crippen molar-refractivity contribution in [2.75, 3.05) is 12.4 Å². The number of pyridine rings is 3. The Bertz CT molecular complexity index is 1200. The summed E-state index contributed by atoms with van der Waals surface area (Å²) in [6.07, 6.45) is -2.13. The van der Waals surface area contributed by atoms with Crippen molar-refractivity contribution in [3.63, 3.8) is 0 Å². The molecule has 0 N–H and O–H groups in total. The minimum Gasteiger partial charge on any atom is -0.485 e. The summed E-state index contributed by atoms with van der Waals surface area (Å²) in [6.45, 7) is -0.499. The molecule has 0 bridgehead atoms. The highest BCUT2D eigenvalue weighted by Crippen LogP contribution is 2.36. The molecule has 0 aliphatic heterocycles. The summed E-state index contributed by atoms with van der Waals surface area (Å²) < 4.78 is 98.1. The summed E-state index contributed by atoms with van der Waals surface area (Å²) in [5, 5.41) is 0. The average Bonchev–Trinajstić information content (AvgIpc) is 2.78. The summed E-state index contributed by atoms with van der Waals surface area (Å²) in [4.78, 5) is 11.8. The monoisotopic (exact) mass is 489 g/mol. The van der Waals surface area contributed by atoms with Gasteiger partial charge in [-0.1, -0.05) is 13.0 Å². The zero-order valence-corrected chi connectivity index (χ0v) is 17.7. The highest BCUT2D eigenvalue weighted by atomic mass is 32.2. The smallest absolute Gasteiger partial charge is 0.456 e. The van der Waals surface area contributed by atoms with E-state index in [0.29, 0.717) is 0 Å². The number of hydrogen-bond donors (Lipinski definition) is 0. The van der Waals surface area contributed by atoms with Crippen LogP contribution in [-0.4, -0.2) is 47.8 Å². The van der Waals surface area contributed by atoms with Crippen molar-refractivity contribution in [1.29, 1.82) is 0 Å². The van der Waals surface area contributed by atoms with Crippen LogP contribution in [0, 0.1) is 0 Å². The number of aromatic nitrogens is 3. The van der Waals surface area contributed by atoms with Gasteiger partial charge in [0.25, 0.3) is 0 Å². The molecule has 7 nitrogen and oxygen atoms in total. The molecule has 3 rings (SSSR count). The van der Waals surface area contributed by atoms with Crippen LogP contribution in [0.25, 0.3) is 11.4 Å². The zero-order valence-electron chi connectivity index (χ0n) is 16.9. The van der Waals surface area contributed by atoms with Gasteiger partial charge in [-0.05, 0) is 18.2 Å². The topological polar surface area (TPSA) is 91.3 Å². The number of alkyl halides is 5. The van der Waals surface area contributed by atoms with Gasteiger partial charge in [0.05, 0.1) is 28.7 Å². The Hall–Kier alpha value is -3.35. The Labute approximate surface area is 185 Å². The van der Waals surface area contributed by atoms with Crippen molar-refractivity contribution < 1.29 is 39.8 Å². The van der Waals surface area contributed by atoms with Gasteiger partial charge in [0.2, 0.25) is 5.88 Å². The number of hydrogen-bond acceptors (Lipinski definition) is 7. The zero-order chi connectivity index (χ0) is 24.3. The van der Waals surface area contributed by atoms with Crippen molar-refractivity contribution in [2.24, 2.45) is 0 Å². The van der Waals surface area contributed by atoms with E-state index in [-0.39, 0.29) is 39.4 Å². The van der Waals surface area contributed by atoms with Crippen LogP contribution in [0.15, 0.2) is 59.9 Å². The molecule has 3 aromatic rings. The van der Waals surface area contributed by atoms with E-state index in [4.69, 9.17) is 4.74 Å². The molecule has 3 aromatic heterocycles. The van der Waals surface area contributed by atoms with Crippen LogP contribution in [0.1, 0.15) is 6.92 Å². The summed E-state index contributed by atoms with van der Waals surface area (Å²) in [6, 6.07) is 8.42. The molecular weight excluding hydrogens is 473 g/mol. The van der Waals surface area contributed by atoms with Gasteiger partial charge >= 0.3 is 12.1 Å². The normalized spacial score (nSPS) is 12.4. The average molecular weight is 489 g/mol. The summed E-state index contributed by atoms with van der Waals surface area (Å²) in [5.74, 6) is -5.36. The first-order chi connectivity index (χ1) is 15.4. The molecule has 176 valence electrons. The van der Waals surface area contributed by atoms with E-state index in [1.807, 2.05) is 0 Å². The third-order valence-corrected chi connectivity index (χ3v) is 5.96. The van der Waals surface area contributed by atoms with Crippen molar-refractivity contribution in [3.8, 4) is 28.8 Å². The van der Waals surface area contributed by atoms with E-state index < -0.39 is 28.5 Å². The fourth-order valence-corrected chi connectivity index (χ4v) is 3.52. The molecule has 0 amide bonds. The van der Waals surface area contributed by atoms with Gasteiger partial charge in [-0.3, -0.25) is 4.98 Å². The van der Waals surface area contributed by atoms with Crippen LogP contribution >= 0.6 is 0 Å². The van der Waals surface area contributed by atoms with Crippen LogP contribution in [0.2, 0.25) is 0 Å². The van der Waals surface area contributed by atoms with Gasteiger partial charge in [-0.2, -0.15) is 22.0 Å². The fourth-order valence-electron chi connectivity index (χ4n) is 2.46. The fraction of sp³-hybridized carbons (Fsp3) is 0.250. The first-order valence-corrected chi connectivity index (χ1v) is 10.9. The maximum absolute atomic E-state index is 13.0. The van der Waals surface area contributed by atoms with Gasteiger partial charge < -0.3 is 9.47 Å². The van der Waals surface area contributed by atoms with Crippen LogP contribution < -0.4 is 9.47 Å². The number of ether oxygens (including phenoxy) is 2. The summed E-state index contributed by atoms with van der Waals surface area (Å²) in [7, 11) is -3.81. The van der Waals surface area contributed by atoms with Crippen molar-refractivity contribution in [1.82, 2.24) is 15.0 Å². The van der Waals surface area contributed by atoms with Crippen LogP contribution in [0.3, 0.4) is 0 Å². The van der Waals surface area contributed by atoms with Crippen LogP contribution in [-0.2, 0) is 9.84 Å². The maximum atomic E-state index is 13.0. The van der Waals surface area contributed by atoms with Crippen LogP contribution in [0.5, 0.6) is 17.4 Å². The number of nitrogens with zero attached hydrogens (tertiary/aromatic N) is 3. The highest BCUT2D eigenvalue weighted by Gasteiger charge is 2.58. The predicted octanol–water partition coefficient (Wildman–Crippen LogP) is 4.70. The molecule has 0 fully saturated rings. The lowest BCUT2D eigenvalue weighted by molar-refractivity contribution is -0.290. The molecule has 0 aliphatic rings. The molecule has 0 saturated heterocycles. The van der Waals surface area contributed by atoms with E-state index in [0.717, 1.165) is 12.3 Å². The second kappa shape index (κ2) is 9.25. The van der Waals surface area contributed by atoms with E-state index in [2.05, 4.69) is 19.7 Å². The lowest BCUT2D eigenvalue weighted by atomic mass is 10.2. The van der Waals surface area contributed by atoms with Crippen LogP contribution in [0.4, 0.5) is 22.0 Å². The second-order valence-electron chi connectivity index (χ2n) is 6.56. The van der Waals surface area contributed by atoms with Gasteiger partial charge in [-0.25, -0.2) is 18.4 Å². The quantitative estimate of drug-likeness (QED) is 0.424. The molecule has 0 saturated carbocycles. The van der Waals surface area contributed by atoms with Crippen molar-refractivity contribution in [2.45, 2.75) is 23.9 Å². The molecule has 0 unspecified atom stereocenters. The van der Waals surface area contributed by atoms with E-state index in [9.17, 15) is 30.4 Å². The summed E-state index contributed by atoms with van der Waals surface area (Å²) >= 11 is 0. The Kier molecular flexibility index (Phi) is 6.81. The number of sulfone groups is 1. The Morgan fingerprint density at radius 1 is 0.939 bits per heavy atom. The predicted molar refractivity (Wildman–Crippen MR) is 106 cm³/mol. The lowest BCUT2D eigenvalue weighted by Crippen LogP contribution is -2.41. The first kappa shape index (κ1) is 24.3. The van der Waals surface area contributed by atoms with Crippen molar-refractivity contribution in [3.05, 3.63) is 55.0 Å². The largest absolute Gasteiger partial charge is 0.485 e. The van der Waals surface area contributed by atoms with Gasteiger partial charge in [0, 0.05) is 18.3 Å². The molecule has 0 atom stereocenters. The molecular formula is C20H16F5N3O4S. The molecule has 33 heavy (non-hydrogen) atoms. The molecule has 0 aromatic carbocycles. The molecule has 0 spiro atoms. The summed E-state index contributed by atoms with van der Waals surface area (Å²) in [5.41, 5.74) is -0.0289. The number of rotatable bonds is 8. The third kappa shape index (κ3) is 5.72. The second-order valence-corrected chi connectivity index (χ2v) is 8.81. The minimum absolute atomic E-state index is 0.0290. The first-order valence-electron chi connectivity index (χ1n) is 9.28. The standard InChI is InChI=1S/C20H16F5N3O4S/c1-2-33(29,30)16-9-14(32-17-5-3-4-8-26-17)11-28-18(16)15-7-6-13(10-27-15)31-12-19(21,22)20(23,24)25/h3-11H,2,12H2,1H3. The maximum Gasteiger partial charge on any atom is 0.456 e. The molecule has 0 radical (unpaired) electrons. The minimum atomic E-state index is -5.76. The van der Waals surface area contributed by atoms with E-state index >= 15 is 0 Å². The molecule has 13 heteroatoms. The molecule has 0 aliphatic carbocycles. The number of halogens is 5. The van der Waals surface area contributed by atoms with Gasteiger partial charge in [0.15, 0.2) is 16.4 Å². The van der Waals surface area contributed by atoms with E-state index in [1.54, 1.807) is 18.2 Å². The van der Waals surface area contributed by atoms with Gasteiger partial charge in [-0.15, -0.1) is 0 Å². The van der Waals surface area contributed by atoms with Gasteiger partial charge in [0.1, 0.15) is 17.2 Å². The Morgan fingerprint density at radius 2 is 1.67 bits per heavy atom. The SMILES string of the molecule is CCS(=O)(=O)c1cc(Oc2ccccn2)cnc1-c1ccc(OCC(F)(F)C(F)(F)F)cn1. The van der Waals surface area contributed by atoms with Crippen molar-refractivity contribution >= 4 is 9.84 Å². The molecule has 3 heterocycles. The third-order valence-electron chi connectivity index (χ3n) is 4.22. The lowest BCUT2D eigenvalue weighted by Gasteiger charge is -2.19. The Morgan fingerprint density at radius 3 is 2.24 bits per heavy atom. The van der Waals surface area contributed by atoms with E-state index in [1.165, 1.54) is 31.5 Å². The highest BCUT2D eigenvalue weighted by molar-refractivity contribution is 7.91.